The third-order valence-corrected chi connectivity index (χ3v) is 5.91. The van der Waals surface area contributed by atoms with E-state index in [0.717, 1.165) is 28.9 Å². The Morgan fingerprint density at radius 2 is 1.81 bits per heavy atom. The number of ether oxygens (including phenoxy) is 2. The normalized spacial score (nSPS) is 17.1. The Labute approximate surface area is 157 Å². The molecule has 1 aromatic heterocycles. The van der Waals surface area contributed by atoms with Gasteiger partial charge in [-0.05, 0) is 24.1 Å². The summed E-state index contributed by atoms with van der Waals surface area (Å²) in [7, 11) is 1.99. The molecule has 2 aromatic carbocycles. The molecule has 0 aliphatic carbocycles. The summed E-state index contributed by atoms with van der Waals surface area (Å²) >= 11 is 1.73. The van der Waals surface area contributed by atoms with Crippen molar-refractivity contribution in [2.24, 2.45) is 7.05 Å². The van der Waals surface area contributed by atoms with Gasteiger partial charge in [-0.3, -0.25) is 0 Å². The van der Waals surface area contributed by atoms with Gasteiger partial charge in [-0.25, -0.2) is 0 Å². The molecule has 0 bridgehead atoms. The lowest BCUT2D eigenvalue weighted by Crippen LogP contribution is -2.24. The van der Waals surface area contributed by atoms with E-state index in [-0.39, 0.29) is 6.10 Å². The average Bonchev–Trinajstić information content (AvgIpc) is 3.06. The van der Waals surface area contributed by atoms with Crippen LogP contribution in [0.2, 0.25) is 0 Å². The van der Waals surface area contributed by atoms with Gasteiger partial charge in [0.25, 0.3) is 0 Å². The van der Waals surface area contributed by atoms with E-state index in [1.165, 1.54) is 5.56 Å². The molecule has 0 radical (unpaired) electrons. The van der Waals surface area contributed by atoms with Crippen LogP contribution in [-0.2, 0) is 7.05 Å². The van der Waals surface area contributed by atoms with Gasteiger partial charge < -0.3 is 14.0 Å². The molecule has 6 heteroatoms. The summed E-state index contributed by atoms with van der Waals surface area (Å²) in [5, 5.41) is 10.0. The quantitative estimate of drug-likeness (QED) is 0.618. The van der Waals surface area contributed by atoms with Gasteiger partial charge in [0.2, 0.25) is 0 Å². The number of thioether (sulfide) groups is 1. The van der Waals surface area contributed by atoms with Gasteiger partial charge >= 0.3 is 0 Å². The average molecular weight is 367 g/mol. The maximum Gasteiger partial charge on any atom is 0.192 e. The van der Waals surface area contributed by atoms with Crippen molar-refractivity contribution in [2.45, 2.75) is 29.9 Å². The highest BCUT2D eigenvalue weighted by atomic mass is 32.2. The maximum atomic E-state index is 6.07. The highest BCUT2D eigenvalue weighted by Crippen LogP contribution is 2.39. The first-order valence-electron chi connectivity index (χ1n) is 8.75. The topological polar surface area (TPSA) is 49.2 Å². The molecule has 3 aromatic rings. The highest BCUT2D eigenvalue weighted by Gasteiger charge is 2.28. The van der Waals surface area contributed by atoms with Crippen molar-refractivity contribution in [1.29, 1.82) is 0 Å². The van der Waals surface area contributed by atoms with E-state index in [1.54, 1.807) is 11.8 Å². The van der Waals surface area contributed by atoms with Crippen molar-refractivity contribution in [1.82, 2.24) is 14.8 Å². The fourth-order valence-electron chi connectivity index (χ4n) is 3.04. The largest absolute Gasteiger partial charge is 0.485 e. The van der Waals surface area contributed by atoms with Gasteiger partial charge in [-0.2, -0.15) is 0 Å². The third-order valence-electron chi connectivity index (χ3n) is 4.45. The van der Waals surface area contributed by atoms with Crippen molar-refractivity contribution in [2.75, 3.05) is 6.61 Å². The standard InChI is InChI=1S/C20H21N3O2S/c1-3-18(14-9-5-4-6-10-14)26-20-22-21-19(23(20)2)17-13-24-15-11-7-8-12-16(15)25-17/h4-12,17-18H,3,13H2,1-2H3. The lowest BCUT2D eigenvalue weighted by molar-refractivity contribution is 0.0825. The first-order chi connectivity index (χ1) is 12.8. The zero-order valence-electron chi connectivity index (χ0n) is 14.8. The fraction of sp³-hybridized carbons (Fsp3) is 0.300. The number of hydrogen-bond acceptors (Lipinski definition) is 5. The molecule has 134 valence electrons. The number of rotatable bonds is 5. The van der Waals surface area contributed by atoms with Crippen LogP contribution in [0, 0.1) is 0 Å². The molecular weight excluding hydrogens is 346 g/mol. The fourth-order valence-corrected chi connectivity index (χ4v) is 4.09. The second-order valence-electron chi connectivity index (χ2n) is 6.19. The minimum atomic E-state index is -0.256. The van der Waals surface area contributed by atoms with E-state index in [1.807, 2.05) is 41.9 Å². The van der Waals surface area contributed by atoms with Gasteiger partial charge in [-0.1, -0.05) is 61.2 Å². The summed E-state index contributed by atoms with van der Waals surface area (Å²) in [5.74, 6) is 2.30. The first kappa shape index (κ1) is 17.0. The zero-order chi connectivity index (χ0) is 17.9. The maximum absolute atomic E-state index is 6.07. The van der Waals surface area contributed by atoms with Crippen LogP contribution in [0.15, 0.2) is 59.8 Å². The highest BCUT2D eigenvalue weighted by molar-refractivity contribution is 7.99. The smallest absolute Gasteiger partial charge is 0.192 e. The van der Waals surface area contributed by atoms with Crippen LogP contribution in [0.4, 0.5) is 0 Å². The molecule has 2 heterocycles. The van der Waals surface area contributed by atoms with Crippen LogP contribution in [0.3, 0.4) is 0 Å². The van der Waals surface area contributed by atoms with E-state index in [0.29, 0.717) is 11.9 Å². The van der Waals surface area contributed by atoms with E-state index in [2.05, 4.69) is 41.4 Å². The van der Waals surface area contributed by atoms with Crippen molar-refractivity contribution in [3.05, 3.63) is 66.0 Å². The van der Waals surface area contributed by atoms with Crippen molar-refractivity contribution < 1.29 is 9.47 Å². The van der Waals surface area contributed by atoms with Crippen molar-refractivity contribution in [3.63, 3.8) is 0 Å². The lowest BCUT2D eigenvalue weighted by Gasteiger charge is -2.25. The minimum Gasteiger partial charge on any atom is -0.485 e. The first-order valence-corrected chi connectivity index (χ1v) is 9.63. The van der Waals surface area contributed by atoms with Gasteiger partial charge in [0.1, 0.15) is 6.61 Å². The molecular formula is C20H21N3O2S. The number of para-hydroxylation sites is 2. The van der Waals surface area contributed by atoms with E-state index >= 15 is 0 Å². The molecule has 0 saturated carbocycles. The Bertz CT molecular complexity index is 882. The lowest BCUT2D eigenvalue weighted by atomic mass is 10.1. The van der Waals surface area contributed by atoms with Crippen LogP contribution in [0.5, 0.6) is 11.5 Å². The Morgan fingerprint density at radius 1 is 1.08 bits per heavy atom. The van der Waals surface area contributed by atoms with Crippen molar-refractivity contribution in [3.8, 4) is 11.5 Å². The van der Waals surface area contributed by atoms with E-state index in [9.17, 15) is 0 Å². The number of fused-ring (bicyclic) bond motifs is 1. The second-order valence-corrected chi connectivity index (χ2v) is 7.36. The minimum absolute atomic E-state index is 0.256. The summed E-state index contributed by atoms with van der Waals surface area (Å²) in [6.07, 6.45) is 0.765. The van der Waals surface area contributed by atoms with Crippen LogP contribution < -0.4 is 9.47 Å². The monoisotopic (exact) mass is 367 g/mol. The number of benzene rings is 2. The molecule has 0 amide bonds. The van der Waals surface area contributed by atoms with Gasteiger partial charge in [0.15, 0.2) is 28.6 Å². The molecule has 2 atom stereocenters. The van der Waals surface area contributed by atoms with Crippen LogP contribution in [0.25, 0.3) is 0 Å². The predicted octanol–water partition coefficient (Wildman–Crippen LogP) is 4.57. The van der Waals surface area contributed by atoms with Gasteiger partial charge in [-0.15, -0.1) is 10.2 Å². The molecule has 0 spiro atoms. The predicted molar refractivity (Wildman–Crippen MR) is 102 cm³/mol. The third kappa shape index (κ3) is 3.29. The van der Waals surface area contributed by atoms with E-state index < -0.39 is 0 Å². The summed E-state index contributed by atoms with van der Waals surface area (Å²) < 4.78 is 13.9. The van der Waals surface area contributed by atoms with Crippen LogP contribution in [0.1, 0.15) is 36.1 Å². The summed E-state index contributed by atoms with van der Waals surface area (Å²) in [6.45, 7) is 2.63. The van der Waals surface area contributed by atoms with Crippen LogP contribution in [-0.4, -0.2) is 21.4 Å². The SMILES string of the molecule is CCC(Sc1nnc(C2COc3ccccc3O2)n1C)c1ccccc1. The molecule has 2 unspecified atom stereocenters. The Hall–Kier alpha value is -2.47. The molecule has 1 aliphatic rings. The zero-order valence-corrected chi connectivity index (χ0v) is 15.6. The Balaban J connectivity index is 1.53. The molecule has 0 fully saturated rings. The Morgan fingerprint density at radius 3 is 2.58 bits per heavy atom. The van der Waals surface area contributed by atoms with Crippen LogP contribution >= 0.6 is 11.8 Å². The second kappa shape index (κ2) is 7.41. The van der Waals surface area contributed by atoms with Gasteiger partial charge in [0.05, 0.1) is 0 Å². The van der Waals surface area contributed by atoms with Crippen molar-refractivity contribution >= 4 is 11.8 Å². The number of aromatic nitrogens is 3. The molecule has 4 rings (SSSR count). The molecule has 26 heavy (non-hydrogen) atoms. The van der Waals surface area contributed by atoms with Gasteiger partial charge in [0, 0.05) is 12.3 Å². The molecule has 1 aliphatic heterocycles. The summed E-state index contributed by atoms with van der Waals surface area (Å²) in [4.78, 5) is 0. The molecule has 0 N–H and O–H groups in total. The summed E-state index contributed by atoms with van der Waals surface area (Å²) in [6, 6.07) is 18.2. The molecule has 0 saturated heterocycles. The number of hydrogen-bond donors (Lipinski definition) is 0. The Kier molecular flexibility index (Phi) is 4.84. The summed E-state index contributed by atoms with van der Waals surface area (Å²) in [5.41, 5.74) is 1.30. The van der Waals surface area contributed by atoms with E-state index in [4.69, 9.17) is 9.47 Å². The number of nitrogens with zero attached hydrogens (tertiary/aromatic N) is 3. The molecule has 5 nitrogen and oxygen atoms in total.